The second-order valence-electron chi connectivity index (χ2n) is 6.87. The number of hydrogen-bond donors (Lipinski definition) is 1. The minimum atomic E-state index is -0.253. The van der Waals surface area contributed by atoms with Gasteiger partial charge in [-0.3, -0.25) is 9.36 Å². The Balaban J connectivity index is 2.11. The van der Waals surface area contributed by atoms with E-state index < -0.39 is 0 Å². The van der Waals surface area contributed by atoms with Crippen molar-refractivity contribution in [2.24, 2.45) is 0 Å². The van der Waals surface area contributed by atoms with Crippen LogP contribution in [0, 0.1) is 4.77 Å². The zero-order valence-corrected chi connectivity index (χ0v) is 14.5. The van der Waals surface area contributed by atoms with Crippen molar-refractivity contribution in [1.82, 2.24) is 9.55 Å². The maximum atomic E-state index is 13.3. The first kappa shape index (κ1) is 15.1. The number of aromatic nitrogens is 2. The smallest absolute Gasteiger partial charge is 0.263 e. The van der Waals surface area contributed by atoms with Gasteiger partial charge in [-0.2, -0.15) is 0 Å². The molecular weight excluding hydrogens is 316 g/mol. The van der Waals surface area contributed by atoms with Crippen LogP contribution in [0.25, 0.3) is 16.9 Å². The van der Waals surface area contributed by atoms with E-state index in [9.17, 15) is 4.79 Å². The lowest BCUT2D eigenvalue weighted by Gasteiger charge is -2.33. The highest BCUT2D eigenvalue weighted by Gasteiger charge is 2.35. The molecule has 0 radical (unpaired) electrons. The lowest BCUT2D eigenvalue weighted by Crippen LogP contribution is -2.37. The monoisotopic (exact) mass is 334 g/mol. The summed E-state index contributed by atoms with van der Waals surface area (Å²) < 4.78 is 2.03. The SMILES string of the molecule is CC1(C)Cc2ccccc2-c2[nH]c(=S)n(-c3ccccc3)c(=O)c21. The van der Waals surface area contributed by atoms with Gasteiger partial charge < -0.3 is 4.98 Å². The molecule has 24 heavy (non-hydrogen) atoms. The molecule has 0 unspecified atom stereocenters. The number of benzene rings is 2. The van der Waals surface area contributed by atoms with Crippen molar-refractivity contribution in [3.8, 4) is 16.9 Å². The number of hydrogen-bond acceptors (Lipinski definition) is 2. The summed E-state index contributed by atoms with van der Waals surface area (Å²) in [5.74, 6) is 0. The maximum absolute atomic E-state index is 13.3. The van der Waals surface area contributed by atoms with E-state index in [0.29, 0.717) is 4.77 Å². The van der Waals surface area contributed by atoms with Gasteiger partial charge in [0.15, 0.2) is 4.77 Å². The van der Waals surface area contributed by atoms with Gasteiger partial charge in [-0.15, -0.1) is 0 Å². The number of nitrogens with one attached hydrogen (secondary N) is 1. The molecule has 0 saturated heterocycles. The molecule has 1 aromatic heterocycles. The molecule has 1 N–H and O–H groups in total. The van der Waals surface area contributed by atoms with Crippen molar-refractivity contribution < 1.29 is 0 Å². The molecule has 0 bridgehead atoms. The van der Waals surface area contributed by atoms with Crippen LogP contribution in [0.3, 0.4) is 0 Å². The minimum Gasteiger partial charge on any atom is -0.331 e. The highest BCUT2D eigenvalue weighted by Crippen LogP contribution is 2.40. The Morgan fingerprint density at radius 1 is 1.04 bits per heavy atom. The number of rotatable bonds is 1. The Kier molecular flexibility index (Phi) is 3.32. The average Bonchev–Trinajstić information content (AvgIpc) is 2.54. The normalized spacial score (nSPS) is 14.8. The van der Waals surface area contributed by atoms with E-state index in [1.54, 1.807) is 4.57 Å². The fourth-order valence-electron chi connectivity index (χ4n) is 3.66. The van der Waals surface area contributed by atoms with Crippen LogP contribution in [0.1, 0.15) is 25.0 Å². The number of aromatic amines is 1. The first-order chi connectivity index (χ1) is 11.5. The number of nitrogens with zero attached hydrogens (tertiary/aromatic N) is 1. The van der Waals surface area contributed by atoms with Crippen LogP contribution in [0.5, 0.6) is 0 Å². The Morgan fingerprint density at radius 2 is 1.71 bits per heavy atom. The van der Waals surface area contributed by atoms with E-state index in [-0.39, 0.29) is 11.0 Å². The van der Waals surface area contributed by atoms with Crippen LogP contribution in [0.4, 0.5) is 0 Å². The van der Waals surface area contributed by atoms with Crippen molar-refractivity contribution in [3.63, 3.8) is 0 Å². The van der Waals surface area contributed by atoms with Crippen LogP contribution in [0.2, 0.25) is 0 Å². The molecule has 3 aromatic rings. The Hall–Kier alpha value is -2.46. The summed E-state index contributed by atoms with van der Waals surface area (Å²) in [6.07, 6.45) is 0.838. The molecular formula is C20H18N2OS. The second kappa shape index (κ2) is 5.28. The summed E-state index contributed by atoms with van der Waals surface area (Å²) in [5, 5.41) is 0. The summed E-state index contributed by atoms with van der Waals surface area (Å²) in [6, 6.07) is 17.8. The summed E-state index contributed by atoms with van der Waals surface area (Å²) >= 11 is 5.52. The maximum Gasteiger partial charge on any atom is 0.263 e. The third-order valence-electron chi connectivity index (χ3n) is 4.71. The Morgan fingerprint density at radius 3 is 2.46 bits per heavy atom. The van der Waals surface area contributed by atoms with Gasteiger partial charge in [0, 0.05) is 16.5 Å². The van der Waals surface area contributed by atoms with Crippen molar-refractivity contribution in [3.05, 3.63) is 80.8 Å². The molecule has 4 rings (SSSR count). The minimum absolute atomic E-state index is 0.0283. The van der Waals surface area contributed by atoms with Gasteiger partial charge >= 0.3 is 0 Å². The van der Waals surface area contributed by atoms with E-state index in [2.05, 4.69) is 31.0 Å². The van der Waals surface area contributed by atoms with Gasteiger partial charge in [0.1, 0.15) is 0 Å². The number of fused-ring (bicyclic) bond motifs is 3. The van der Waals surface area contributed by atoms with Crippen LogP contribution < -0.4 is 5.56 Å². The topological polar surface area (TPSA) is 37.8 Å². The first-order valence-electron chi connectivity index (χ1n) is 8.02. The molecule has 3 nitrogen and oxygen atoms in total. The van der Waals surface area contributed by atoms with E-state index in [0.717, 1.165) is 28.9 Å². The van der Waals surface area contributed by atoms with Gasteiger partial charge in [-0.25, -0.2) is 0 Å². The zero-order chi connectivity index (χ0) is 16.9. The lowest BCUT2D eigenvalue weighted by molar-refractivity contribution is 0.503. The molecule has 2 aromatic carbocycles. The lowest BCUT2D eigenvalue weighted by atomic mass is 9.72. The van der Waals surface area contributed by atoms with Crippen molar-refractivity contribution in [2.75, 3.05) is 0 Å². The zero-order valence-electron chi connectivity index (χ0n) is 13.7. The third-order valence-corrected chi connectivity index (χ3v) is 5.00. The van der Waals surface area contributed by atoms with E-state index in [4.69, 9.17) is 12.2 Å². The fraction of sp³-hybridized carbons (Fsp3) is 0.200. The highest BCUT2D eigenvalue weighted by molar-refractivity contribution is 7.71. The van der Waals surface area contributed by atoms with Crippen LogP contribution in [-0.2, 0) is 11.8 Å². The highest BCUT2D eigenvalue weighted by atomic mass is 32.1. The Bertz CT molecular complexity index is 1050. The molecule has 0 amide bonds. The molecule has 1 aliphatic rings. The van der Waals surface area contributed by atoms with Gasteiger partial charge in [-0.1, -0.05) is 56.3 Å². The van der Waals surface area contributed by atoms with Gasteiger partial charge in [-0.05, 0) is 36.3 Å². The second-order valence-corrected chi connectivity index (χ2v) is 7.26. The molecule has 0 saturated carbocycles. The summed E-state index contributed by atoms with van der Waals surface area (Å²) in [4.78, 5) is 16.7. The Labute approximate surface area is 145 Å². The van der Waals surface area contributed by atoms with Gasteiger partial charge in [0.05, 0.1) is 11.4 Å². The molecule has 0 aliphatic heterocycles. The summed E-state index contributed by atoms with van der Waals surface area (Å²) in [7, 11) is 0. The van der Waals surface area contributed by atoms with Crippen LogP contribution in [-0.4, -0.2) is 9.55 Å². The molecule has 0 atom stereocenters. The van der Waals surface area contributed by atoms with Crippen molar-refractivity contribution >= 4 is 12.2 Å². The molecule has 1 aliphatic carbocycles. The molecule has 0 spiro atoms. The van der Waals surface area contributed by atoms with E-state index in [1.807, 2.05) is 42.5 Å². The summed E-state index contributed by atoms with van der Waals surface area (Å²) in [5.41, 5.74) is 4.51. The molecule has 4 heteroatoms. The van der Waals surface area contributed by atoms with E-state index in [1.165, 1.54) is 5.56 Å². The quantitative estimate of drug-likeness (QED) is 0.670. The van der Waals surface area contributed by atoms with Crippen molar-refractivity contribution in [2.45, 2.75) is 25.7 Å². The van der Waals surface area contributed by atoms with Gasteiger partial charge in [0.25, 0.3) is 5.56 Å². The summed E-state index contributed by atoms with van der Waals surface area (Å²) in [6.45, 7) is 4.24. The predicted molar refractivity (Wildman–Crippen MR) is 99.4 cm³/mol. The van der Waals surface area contributed by atoms with Crippen LogP contribution in [0.15, 0.2) is 59.4 Å². The fourth-order valence-corrected chi connectivity index (χ4v) is 3.95. The van der Waals surface area contributed by atoms with Crippen LogP contribution >= 0.6 is 12.2 Å². The predicted octanol–water partition coefficient (Wildman–Crippen LogP) is 4.40. The first-order valence-corrected chi connectivity index (χ1v) is 8.43. The van der Waals surface area contributed by atoms with E-state index >= 15 is 0 Å². The largest absolute Gasteiger partial charge is 0.331 e. The molecule has 120 valence electrons. The molecule has 1 heterocycles. The number of H-pyrrole nitrogens is 1. The molecule has 0 fully saturated rings. The average molecular weight is 334 g/mol. The third kappa shape index (κ3) is 2.18. The standard InChI is InChI=1S/C20H18N2OS/c1-20(2)12-13-8-6-7-11-15(13)17-16(20)18(23)22(19(24)21-17)14-9-4-3-5-10-14/h3-11H,12H2,1-2H3,(H,21,24). The van der Waals surface area contributed by atoms with Crippen molar-refractivity contribution in [1.29, 1.82) is 0 Å². The number of para-hydroxylation sites is 1. The van der Waals surface area contributed by atoms with Gasteiger partial charge in [0.2, 0.25) is 0 Å².